The first kappa shape index (κ1) is 14.7. The molecule has 7 nitrogen and oxygen atoms in total. The normalized spacial score (nSPS) is 21.0. The molecule has 114 valence electrons. The highest BCUT2D eigenvalue weighted by Gasteiger charge is 2.40. The molecular formula is C13H12BFN2O5. The van der Waals surface area contributed by atoms with Crippen molar-refractivity contribution in [2.45, 2.75) is 25.4 Å². The predicted molar refractivity (Wildman–Crippen MR) is 72.3 cm³/mol. The second-order valence-corrected chi connectivity index (χ2v) is 5.27. The fourth-order valence-electron chi connectivity index (χ4n) is 2.82. The third-order valence-electron chi connectivity index (χ3n) is 3.96. The van der Waals surface area contributed by atoms with Gasteiger partial charge in [0.2, 0.25) is 11.8 Å². The number of benzene rings is 1. The molecule has 0 aromatic heterocycles. The van der Waals surface area contributed by atoms with Crippen LogP contribution in [0, 0.1) is 5.82 Å². The van der Waals surface area contributed by atoms with Crippen molar-refractivity contribution in [2.75, 3.05) is 0 Å². The Morgan fingerprint density at radius 2 is 2.00 bits per heavy atom. The van der Waals surface area contributed by atoms with Gasteiger partial charge in [0, 0.05) is 23.0 Å². The maximum absolute atomic E-state index is 14.2. The summed E-state index contributed by atoms with van der Waals surface area (Å²) < 4.78 is 14.2. The zero-order chi connectivity index (χ0) is 16.0. The molecule has 3 N–H and O–H groups in total. The van der Waals surface area contributed by atoms with Crippen LogP contribution in [0.25, 0.3) is 0 Å². The molecule has 1 aromatic carbocycles. The third-order valence-corrected chi connectivity index (χ3v) is 3.96. The van der Waals surface area contributed by atoms with E-state index < -0.39 is 36.7 Å². The SMILES string of the molecule is O=C1CCC(N2Cc3c(ccc(B(O)O)c3F)C2=O)C(=O)N1. The number of amides is 3. The number of piperidine rings is 1. The van der Waals surface area contributed by atoms with Crippen LogP contribution < -0.4 is 10.8 Å². The van der Waals surface area contributed by atoms with Crippen molar-refractivity contribution in [1.29, 1.82) is 0 Å². The number of rotatable bonds is 2. The van der Waals surface area contributed by atoms with E-state index in [1.54, 1.807) is 0 Å². The summed E-state index contributed by atoms with van der Waals surface area (Å²) in [5, 5.41) is 20.4. The van der Waals surface area contributed by atoms with Crippen LogP contribution in [0.1, 0.15) is 28.8 Å². The van der Waals surface area contributed by atoms with Gasteiger partial charge in [-0.1, -0.05) is 6.07 Å². The Hall–Kier alpha value is -2.26. The van der Waals surface area contributed by atoms with Gasteiger partial charge in [0.25, 0.3) is 5.91 Å². The molecule has 1 atom stereocenters. The molecule has 2 aliphatic heterocycles. The number of hydrogen-bond donors (Lipinski definition) is 3. The Bertz CT molecular complexity index is 693. The van der Waals surface area contributed by atoms with E-state index in [-0.39, 0.29) is 36.0 Å². The zero-order valence-corrected chi connectivity index (χ0v) is 11.4. The molecule has 0 saturated carbocycles. The van der Waals surface area contributed by atoms with Gasteiger partial charge in [0.15, 0.2) is 0 Å². The summed E-state index contributed by atoms with van der Waals surface area (Å²) in [4.78, 5) is 36.5. The first-order valence-corrected chi connectivity index (χ1v) is 6.72. The van der Waals surface area contributed by atoms with Crippen LogP contribution in [0.3, 0.4) is 0 Å². The number of fused-ring (bicyclic) bond motifs is 1. The molecule has 2 aliphatic rings. The van der Waals surface area contributed by atoms with Gasteiger partial charge < -0.3 is 14.9 Å². The van der Waals surface area contributed by atoms with E-state index in [2.05, 4.69) is 5.32 Å². The number of halogens is 1. The number of nitrogens with one attached hydrogen (secondary N) is 1. The molecule has 3 amide bonds. The lowest BCUT2D eigenvalue weighted by Gasteiger charge is -2.29. The van der Waals surface area contributed by atoms with Gasteiger partial charge in [-0.15, -0.1) is 0 Å². The van der Waals surface area contributed by atoms with E-state index in [4.69, 9.17) is 10.0 Å². The molecule has 0 spiro atoms. The molecule has 1 fully saturated rings. The fraction of sp³-hybridized carbons (Fsp3) is 0.308. The summed E-state index contributed by atoms with van der Waals surface area (Å²) in [7, 11) is -1.98. The molecule has 3 rings (SSSR count). The van der Waals surface area contributed by atoms with Crippen molar-refractivity contribution >= 4 is 30.3 Å². The largest absolute Gasteiger partial charge is 0.491 e. The van der Waals surface area contributed by atoms with Crippen LogP contribution >= 0.6 is 0 Å². The van der Waals surface area contributed by atoms with Crippen molar-refractivity contribution < 1.29 is 28.8 Å². The lowest BCUT2D eigenvalue weighted by atomic mass is 9.78. The van der Waals surface area contributed by atoms with Crippen LogP contribution in [-0.4, -0.2) is 45.8 Å². The maximum Gasteiger partial charge on any atom is 0.491 e. The lowest BCUT2D eigenvalue weighted by molar-refractivity contribution is -0.136. The number of carbonyl (C=O) groups excluding carboxylic acids is 3. The highest BCUT2D eigenvalue weighted by Crippen LogP contribution is 2.28. The average Bonchev–Trinajstić information content (AvgIpc) is 2.77. The van der Waals surface area contributed by atoms with E-state index in [1.807, 2.05) is 0 Å². The summed E-state index contributed by atoms with van der Waals surface area (Å²) >= 11 is 0. The van der Waals surface area contributed by atoms with Crippen LogP contribution in [-0.2, 0) is 16.1 Å². The molecule has 0 aliphatic carbocycles. The third kappa shape index (κ3) is 2.18. The quantitative estimate of drug-likeness (QED) is 0.444. The van der Waals surface area contributed by atoms with Gasteiger partial charge in [-0.05, 0) is 12.5 Å². The number of carbonyl (C=O) groups is 3. The number of nitrogens with zero attached hydrogens (tertiary/aromatic N) is 1. The van der Waals surface area contributed by atoms with Crippen LogP contribution in [0.4, 0.5) is 4.39 Å². The molecule has 9 heteroatoms. The second-order valence-electron chi connectivity index (χ2n) is 5.27. The lowest BCUT2D eigenvalue weighted by Crippen LogP contribution is -2.52. The predicted octanol–water partition coefficient (Wildman–Crippen LogP) is -1.73. The first-order chi connectivity index (χ1) is 10.4. The van der Waals surface area contributed by atoms with Gasteiger partial charge in [0.05, 0.1) is 6.54 Å². The minimum Gasteiger partial charge on any atom is -0.423 e. The van der Waals surface area contributed by atoms with E-state index in [0.717, 1.165) is 6.07 Å². The summed E-state index contributed by atoms with van der Waals surface area (Å²) in [6.07, 6.45) is 0.293. The van der Waals surface area contributed by atoms with Crippen molar-refractivity contribution in [3.63, 3.8) is 0 Å². The van der Waals surface area contributed by atoms with Crippen molar-refractivity contribution in [2.24, 2.45) is 0 Å². The number of imide groups is 1. The van der Waals surface area contributed by atoms with Gasteiger partial charge in [0.1, 0.15) is 11.9 Å². The van der Waals surface area contributed by atoms with Crippen molar-refractivity contribution in [1.82, 2.24) is 10.2 Å². The van der Waals surface area contributed by atoms with E-state index in [0.29, 0.717) is 0 Å². The summed E-state index contributed by atoms with van der Waals surface area (Å²) in [6, 6.07) is 1.60. The topological polar surface area (TPSA) is 107 Å². The molecule has 0 radical (unpaired) electrons. The second kappa shape index (κ2) is 5.18. The average molecular weight is 306 g/mol. The van der Waals surface area contributed by atoms with Crippen LogP contribution in [0.2, 0.25) is 0 Å². The van der Waals surface area contributed by atoms with Gasteiger partial charge in [-0.3, -0.25) is 19.7 Å². The fourth-order valence-corrected chi connectivity index (χ4v) is 2.82. The Labute approximate surface area is 124 Å². The Balaban J connectivity index is 1.93. The summed E-state index contributed by atoms with van der Waals surface area (Å²) in [6.45, 7) is -0.146. The molecule has 1 unspecified atom stereocenters. The van der Waals surface area contributed by atoms with E-state index >= 15 is 0 Å². The van der Waals surface area contributed by atoms with Gasteiger partial charge in [-0.25, -0.2) is 4.39 Å². The monoisotopic (exact) mass is 306 g/mol. The maximum atomic E-state index is 14.2. The molecule has 1 saturated heterocycles. The van der Waals surface area contributed by atoms with Crippen molar-refractivity contribution in [3.8, 4) is 0 Å². The zero-order valence-electron chi connectivity index (χ0n) is 11.4. The summed E-state index contributed by atoms with van der Waals surface area (Å²) in [5.74, 6) is -2.36. The minimum atomic E-state index is -1.98. The molecule has 22 heavy (non-hydrogen) atoms. The molecular weight excluding hydrogens is 294 g/mol. The minimum absolute atomic E-state index is 0.0281. The van der Waals surface area contributed by atoms with E-state index in [1.165, 1.54) is 11.0 Å². The first-order valence-electron chi connectivity index (χ1n) is 6.72. The van der Waals surface area contributed by atoms with E-state index in [9.17, 15) is 18.8 Å². The Morgan fingerprint density at radius 1 is 1.27 bits per heavy atom. The highest BCUT2D eigenvalue weighted by atomic mass is 19.1. The highest BCUT2D eigenvalue weighted by molar-refractivity contribution is 6.58. The van der Waals surface area contributed by atoms with Gasteiger partial charge in [-0.2, -0.15) is 0 Å². The molecule has 1 aromatic rings. The standard InChI is InChI=1S/C13H12BFN2O5/c15-11-7-5-17(9-3-4-10(18)16-12(9)19)13(20)6(7)1-2-8(11)14(21)22/h1-2,9,21-22H,3-5H2,(H,16,18,19). The van der Waals surface area contributed by atoms with Crippen LogP contribution in [0.5, 0.6) is 0 Å². The summed E-state index contributed by atoms with van der Waals surface area (Å²) in [5.41, 5.74) is -0.205. The number of hydrogen-bond acceptors (Lipinski definition) is 5. The van der Waals surface area contributed by atoms with Crippen molar-refractivity contribution in [3.05, 3.63) is 29.1 Å². The van der Waals surface area contributed by atoms with Crippen LogP contribution in [0.15, 0.2) is 12.1 Å². The Morgan fingerprint density at radius 3 is 2.64 bits per heavy atom. The molecule has 2 heterocycles. The molecule has 0 bridgehead atoms. The smallest absolute Gasteiger partial charge is 0.423 e. The Kier molecular flexibility index (Phi) is 3.46. The van der Waals surface area contributed by atoms with Gasteiger partial charge >= 0.3 is 7.12 Å².